The van der Waals surface area contributed by atoms with E-state index < -0.39 is 11.9 Å². The standard InChI is InChI=1S/2C2H3ClO2.2C2H4/c2*3-1-2(4)5;2*1-2/h2*1H2,(H,4,5);2*1-2H2. The molecule has 0 aromatic carbocycles. The molecular weight excluding hydrogens is 231 g/mol. The van der Waals surface area contributed by atoms with Gasteiger partial charge in [0, 0.05) is 0 Å². The predicted molar refractivity (Wildman–Crippen MR) is 59.2 cm³/mol. The largest absolute Gasteiger partial charge is 0.480 e. The van der Waals surface area contributed by atoms with Gasteiger partial charge >= 0.3 is 11.9 Å². The van der Waals surface area contributed by atoms with Crippen LogP contribution in [0.1, 0.15) is 0 Å². The molecule has 14 heavy (non-hydrogen) atoms. The molecule has 0 bridgehead atoms. The van der Waals surface area contributed by atoms with Gasteiger partial charge in [-0.1, -0.05) is 0 Å². The van der Waals surface area contributed by atoms with E-state index >= 15 is 0 Å². The zero-order valence-electron chi connectivity index (χ0n) is 7.71. The van der Waals surface area contributed by atoms with Gasteiger partial charge in [0.1, 0.15) is 11.8 Å². The number of aliphatic carboxylic acids is 2. The summed E-state index contributed by atoms with van der Waals surface area (Å²) < 4.78 is 0. The molecule has 0 heterocycles. The van der Waals surface area contributed by atoms with E-state index in [9.17, 15) is 9.59 Å². The summed E-state index contributed by atoms with van der Waals surface area (Å²) in [6, 6.07) is 0. The molecule has 6 heteroatoms. The first kappa shape index (κ1) is 23.1. The third-order valence-corrected chi connectivity index (χ3v) is 0.686. The monoisotopic (exact) mass is 244 g/mol. The second kappa shape index (κ2) is 29.6. The SMILES string of the molecule is C=C.C=C.O=C(O)CCl.O=C(O)CCl. The summed E-state index contributed by atoms with van der Waals surface area (Å²) in [6.07, 6.45) is 0. The molecule has 0 rings (SSSR count). The van der Waals surface area contributed by atoms with Crippen molar-refractivity contribution in [3.8, 4) is 0 Å². The molecule has 0 saturated carbocycles. The lowest BCUT2D eigenvalue weighted by Crippen LogP contribution is -1.92. The van der Waals surface area contributed by atoms with Crippen LogP contribution in [-0.2, 0) is 9.59 Å². The fourth-order valence-corrected chi connectivity index (χ4v) is 0. The zero-order chi connectivity index (χ0) is 12.6. The van der Waals surface area contributed by atoms with E-state index in [4.69, 9.17) is 33.4 Å². The maximum Gasteiger partial charge on any atom is 0.318 e. The van der Waals surface area contributed by atoms with Gasteiger partial charge in [0.05, 0.1) is 0 Å². The van der Waals surface area contributed by atoms with Crippen LogP contribution in [0.25, 0.3) is 0 Å². The smallest absolute Gasteiger partial charge is 0.318 e. The molecule has 0 radical (unpaired) electrons. The number of hydrogen-bond acceptors (Lipinski definition) is 2. The Hall–Kier alpha value is -1.000. The van der Waals surface area contributed by atoms with Crippen LogP contribution in [0.5, 0.6) is 0 Å². The Morgan fingerprint density at radius 1 is 0.857 bits per heavy atom. The summed E-state index contributed by atoms with van der Waals surface area (Å²) in [4.78, 5) is 18.5. The highest BCUT2D eigenvalue weighted by Crippen LogP contribution is 1.68. The molecular formula is C8H14Cl2O4. The molecule has 0 unspecified atom stereocenters. The summed E-state index contributed by atoms with van der Waals surface area (Å²) >= 11 is 9.47. The van der Waals surface area contributed by atoms with Crippen molar-refractivity contribution in [2.75, 3.05) is 11.8 Å². The zero-order valence-corrected chi connectivity index (χ0v) is 9.22. The summed E-state index contributed by atoms with van der Waals surface area (Å²) in [6.45, 7) is 12.0. The Morgan fingerprint density at radius 3 is 0.929 bits per heavy atom. The molecule has 2 N–H and O–H groups in total. The first-order valence-corrected chi connectivity index (χ1v) is 4.17. The van der Waals surface area contributed by atoms with Crippen molar-refractivity contribution in [1.29, 1.82) is 0 Å². The third-order valence-electron chi connectivity index (χ3n) is 0.229. The Balaban J connectivity index is -0.0000000528. The summed E-state index contributed by atoms with van der Waals surface area (Å²) in [7, 11) is 0. The Bertz CT molecular complexity index is 123. The predicted octanol–water partition coefficient (Wildman–Crippen LogP) is 2.22. The number of carbonyl (C=O) groups is 2. The van der Waals surface area contributed by atoms with Crippen molar-refractivity contribution in [2.45, 2.75) is 0 Å². The van der Waals surface area contributed by atoms with Crippen molar-refractivity contribution in [2.24, 2.45) is 0 Å². The van der Waals surface area contributed by atoms with Gasteiger partial charge in [0.25, 0.3) is 0 Å². The molecule has 0 atom stereocenters. The van der Waals surface area contributed by atoms with Gasteiger partial charge in [0.15, 0.2) is 0 Å². The quantitative estimate of drug-likeness (QED) is 0.577. The highest BCUT2D eigenvalue weighted by atomic mass is 35.5. The molecule has 0 amide bonds. The maximum absolute atomic E-state index is 9.24. The molecule has 0 aromatic heterocycles. The highest BCUT2D eigenvalue weighted by molar-refractivity contribution is 6.26. The lowest BCUT2D eigenvalue weighted by Gasteiger charge is -1.70. The fourth-order valence-electron chi connectivity index (χ4n) is 0. The van der Waals surface area contributed by atoms with Gasteiger partial charge in [-0.15, -0.1) is 49.5 Å². The van der Waals surface area contributed by atoms with Crippen molar-refractivity contribution in [3.63, 3.8) is 0 Å². The number of hydrogen-bond donors (Lipinski definition) is 2. The minimum Gasteiger partial charge on any atom is -0.480 e. The highest BCUT2D eigenvalue weighted by Gasteiger charge is 1.83. The molecule has 4 nitrogen and oxygen atoms in total. The number of rotatable bonds is 2. The molecule has 0 aliphatic carbocycles. The lowest BCUT2D eigenvalue weighted by atomic mass is 10.8. The molecule has 0 aliphatic rings. The number of alkyl halides is 2. The van der Waals surface area contributed by atoms with Crippen LogP contribution in [0, 0.1) is 0 Å². The van der Waals surface area contributed by atoms with E-state index in [-0.39, 0.29) is 11.8 Å². The molecule has 0 spiro atoms. The van der Waals surface area contributed by atoms with E-state index in [0.717, 1.165) is 0 Å². The van der Waals surface area contributed by atoms with Gasteiger partial charge in [0.2, 0.25) is 0 Å². The average Bonchev–Trinajstić information content (AvgIpc) is 2.24. The molecule has 0 aliphatic heterocycles. The van der Waals surface area contributed by atoms with Crippen molar-refractivity contribution in [1.82, 2.24) is 0 Å². The summed E-state index contributed by atoms with van der Waals surface area (Å²) in [5.41, 5.74) is 0. The first-order chi connectivity index (χ1) is 6.54. The van der Waals surface area contributed by atoms with Crippen LogP contribution in [0.15, 0.2) is 26.3 Å². The van der Waals surface area contributed by atoms with Gasteiger partial charge in [-0.2, -0.15) is 0 Å². The van der Waals surface area contributed by atoms with Crippen molar-refractivity contribution in [3.05, 3.63) is 26.3 Å². The maximum atomic E-state index is 9.24. The fraction of sp³-hybridized carbons (Fsp3) is 0.250. The van der Waals surface area contributed by atoms with Crippen LogP contribution >= 0.6 is 23.2 Å². The Kier molecular flexibility index (Phi) is 48.9. The second-order valence-corrected chi connectivity index (χ2v) is 1.59. The molecule has 84 valence electrons. The Morgan fingerprint density at radius 2 is 0.929 bits per heavy atom. The number of carboxylic acid groups (broad SMARTS) is 2. The first-order valence-electron chi connectivity index (χ1n) is 3.10. The number of carboxylic acids is 2. The minimum absolute atomic E-state index is 0.306. The van der Waals surface area contributed by atoms with Crippen LogP contribution in [0.2, 0.25) is 0 Å². The van der Waals surface area contributed by atoms with E-state index in [0.29, 0.717) is 0 Å². The van der Waals surface area contributed by atoms with E-state index in [1.54, 1.807) is 0 Å². The van der Waals surface area contributed by atoms with Gasteiger partial charge < -0.3 is 10.2 Å². The Labute approximate surface area is 93.5 Å². The second-order valence-electron chi connectivity index (χ2n) is 1.05. The summed E-state index contributed by atoms with van der Waals surface area (Å²) in [5, 5.41) is 15.2. The minimum atomic E-state index is -0.980. The van der Waals surface area contributed by atoms with E-state index in [1.807, 2.05) is 0 Å². The summed E-state index contributed by atoms with van der Waals surface area (Å²) in [5.74, 6) is -2.57. The lowest BCUT2D eigenvalue weighted by molar-refractivity contribution is -0.135. The van der Waals surface area contributed by atoms with Gasteiger partial charge in [-0.3, -0.25) is 9.59 Å². The topological polar surface area (TPSA) is 74.6 Å². The normalized spacial score (nSPS) is 5.86. The third kappa shape index (κ3) is 122. The van der Waals surface area contributed by atoms with Crippen LogP contribution in [-0.4, -0.2) is 33.9 Å². The van der Waals surface area contributed by atoms with E-state index in [2.05, 4.69) is 26.3 Å². The molecule has 0 saturated heterocycles. The van der Waals surface area contributed by atoms with Crippen LogP contribution < -0.4 is 0 Å². The van der Waals surface area contributed by atoms with Gasteiger partial charge in [-0.25, -0.2) is 0 Å². The van der Waals surface area contributed by atoms with Gasteiger partial charge in [-0.05, 0) is 0 Å². The van der Waals surface area contributed by atoms with Crippen molar-refractivity contribution >= 4 is 35.1 Å². The van der Waals surface area contributed by atoms with Crippen LogP contribution in [0.4, 0.5) is 0 Å². The van der Waals surface area contributed by atoms with Crippen LogP contribution in [0.3, 0.4) is 0 Å². The average molecular weight is 245 g/mol. The number of halogens is 2. The molecule has 0 aromatic rings. The van der Waals surface area contributed by atoms with Crippen molar-refractivity contribution < 1.29 is 19.8 Å². The molecule has 0 fully saturated rings. The van der Waals surface area contributed by atoms with E-state index in [1.165, 1.54) is 0 Å².